The lowest BCUT2D eigenvalue weighted by atomic mass is 10.1. The van der Waals surface area contributed by atoms with Crippen LogP contribution in [0.5, 0.6) is 11.5 Å². The monoisotopic (exact) mass is 649 g/mol. The summed E-state index contributed by atoms with van der Waals surface area (Å²) >= 11 is 15.1. The van der Waals surface area contributed by atoms with E-state index in [4.69, 9.17) is 32.7 Å². The highest BCUT2D eigenvalue weighted by Crippen LogP contribution is 2.38. The number of carbonyl (C=O) groups is 2. The second-order valence-electron chi connectivity index (χ2n) is 9.11. The maximum atomic E-state index is 13.6. The number of halogens is 2. The molecule has 1 aromatic heterocycles. The van der Waals surface area contributed by atoms with Crippen LogP contribution in [-0.4, -0.2) is 31.0 Å². The van der Waals surface area contributed by atoms with E-state index in [2.05, 4.69) is 15.6 Å². The summed E-state index contributed by atoms with van der Waals surface area (Å²) < 4.78 is 10.6. The molecule has 218 valence electrons. The zero-order valence-corrected chi connectivity index (χ0v) is 26.1. The number of hydrogen-bond donors (Lipinski definition) is 2. The minimum Gasteiger partial charge on any atom is -0.493 e. The van der Waals surface area contributed by atoms with Crippen LogP contribution in [0.1, 0.15) is 21.2 Å². The molecule has 0 spiro atoms. The van der Waals surface area contributed by atoms with Crippen LogP contribution in [-0.2, 0) is 4.79 Å². The molecule has 0 aliphatic rings. The zero-order valence-electron chi connectivity index (χ0n) is 23.0. The van der Waals surface area contributed by atoms with E-state index < -0.39 is 5.25 Å². The largest absolute Gasteiger partial charge is 0.493 e. The van der Waals surface area contributed by atoms with E-state index >= 15 is 0 Å². The Morgan fingerprint density at radius 3 is 2.40 bits per heavy atom. The van der Waals surface area contributed by atoms with Crippen molar-refractivity contribution in [2.75, 3.05) is 24.9 Å². The first-order valence-electron chi connectivity index (χ1n) is 12.9. The number of benzene rings is 4. The minimum atomic E-state index is -0.593. The highest BCUT2D eigenvalue weighted by molar-refractivity contribution is 8.00. The third kappa shape index (κ3) is 7.50. The van der Waals surface area contributed by atoms with Gasteiger partial charge in [0, 0.05) is 32.1 Å². The average molecular weight is 651 g/mol. The van der Waals surface area contributed by atoms with E-state index in [1.54, 1.807) is 42.5 Å². The van der Waals surface area contributed by atoms with Crippen LogP contribution in [0, 0.1) is 0 Å². The van der Waals surface area contributed by atoms with Crippen LogP contribution in [0.2, 0.25) is 10.0 Å². The number of hydrogen-bond acceptors (Lipinski definition) is 7. The van der Waals surface area contributed by atoms with Crippen molar-refractivity contribution in [2.24, 2.45) is 0 Å². The summed E-state index contributed by atoms with van der Waals surface area (Å²) in [6, 6.07) is 27.0. The third-order valence-corrected chi connectivity index (χ3v) is 8.83. The van der Waals surface area contributed by atoms with Crippen molar-refractivity contribution in [2.45, 2.75) is 10.1 Å². The summed E-state index contributed by atoms with van der Waals surface area (Å²) in [6.07, 6.45) is 0. The van der Waals surface area contributed by atoms with Gasteiger partial charge in [-0.05, 0) is 60.2 Å². The second-order valence-corrected chi connectivity index (χ2v) is 12.0. The maximum absolute atomic E-state index is 13.6. The molecule has 2 N–H and O–H groups in total. The number of carbonyl (C=O) groups excluding carboxylic acids is 2. The zero-order chi connectivity index (χ0) is 30.3. The molecule has 5 aromatic rings. The van der Waals surface area contributed by atoms with E-state index in [0.29, 0.717) is 43.6 Å². The fourth-order valence-corrected chi connectivity index (χ4v) is 6.49. The maximum Gasteiger partial charge on any atom is 0.255 e. The van der Waals surface area contributed by atoms with Gasteiger partial charge in [-0.25, -0.2) is 4.98 Å². The predicted octanol–water partition coefficient (Wildman–Crippen LogP) is 8.86. The summed E-state index contributed by atoms with van der Waals surface area (Å²) in [5.74, 6) is 0.449. The Balaban J connectivity index is 1.33. The molecule has 0 aliphatic carbocycles. The van der Waals surface area contributed by atoms with E-state index in [1.165, 1.54) is 37.3 Å². The Morgan fingerprint density at radius 1 is 0.860 bits per heavy atom. The number of rotatable bonds is 10. The number of nitrogens with one attached hydrogen (secondary N) is 2. The number of methoxy groups -OCH3 is 2. The second kappa shape index (κ2) is 14.0. The first-order chi connectivity index (χ1) is 20.8. The van der Waals surface area contributed by atoms with Crippen LogP contribution in [0.15, 0.2) is 101 Å². The average Bonchev–Trinajstić information content (AvgIpc) is 3.47. The lowest BCUT2D eigenvalue weighted by Crippen LogP contribution is -2.19. The summed E-state index contributed by atoms with van der Waals surface area (Å²) in [7, 11) is 3.05. The van der Waals surface area contributed by atoms with Crippen LogP contribution in [0.25, 0.3) is 11.3 Å². The van der Waals surface area contributed by atoms with Gasteiger partial charge in [-0.3, -0.25) is 9.59 Å². The molecule has 0 saturated heterocycles. The number of anilines is 2. The number of aromatic nitrogens is 1. The van der Waals surface area contributed by atoms with Gasteiger partial charge in [-0.1, -0.05) is 59.6 Å². The molecular formula is C32H25Cl2N3O4S2. The highest BCUT2D eigenvalue weighted by atomic mass is 35.5. The van der Waals surface area contributed by atoms with Gasteiger partial charge in [0.1, 0.15) is 5.25 Å². The fourth-order valence-electron chi connectivity index (χ4n) is 4.19. The third-order valence-electron chi connectivity index (χ3n) is 6.27. The molecule has 5 rings (SSSR count). The van der Waals surface area contributed by atoms with Gasteiger partial charge < -0.3 is 20.1 Å². The molecule has 43 heavy (non-hydrogen) atoms. The Kier molecular flexibility index (Phi) is 9.89. The summed E-state index contributed by atoms with van der Waals surface area (Å²) in [5, 5.41) is 8.57. The van der Waals surface area contributed by atoms with Crippen LogP contribution in [0.3, 0.4) is 0 Å². The Hall–Kier alpha value is -4.02. The van der Waals surface area contributed by atoms with E-state index in [1.807, 2.05) is 53.9 Å². The number of nitrogens with zero attached hydrogens (tertiary/aromatic N) is 1. The normalized spacial score (nSPS) is 11.4. The van der Waals surface area contributed by atoms with Crippen LogP contribution >= 0.6 is 46.3 Å². The first-order valence-corrected chi connectivity index (χ1v) is 15.4. The van der Waals surface area contributed by atoms with Crippen LogP contribution < -0.4 is 20.1 Å². The molecule has 1 unspecified atom stereocenters. The van der Waals surface area contributed by atoms with Crippen molar-refractivity contribution in [1.82, 2.24) is 4.98 Å². The Bertz CT molecular complexity index is 1770. The SMILES string of the molecule is COc1ccc(C(=O)Nc2cccc(SC(C(=O)Nc3nc(-c4ccc(Cl)cc4Cl)cs3)c3ccccc3)c2)cc1OC. The number of thioether (sulfide) groups is 1. The van der Waals surface area contributed by atoms with Crippen molar-refractivity contribution < 1.29 is 19.1 Å². The molecule has 11 heteroatoms. The van der Waals surface area contributed by atoms with Crippen molar-refractivity contribution in [3.05, 3.63) is 118 Å². The van der Waals surface area contributed by atoms with Crippen molar-refractivity contribution in [3.8, 4) is 22.8 Å². The lowest BCUT2D eigenvalue weighted by molar-refractivity contribution is -0.115. The molecule has 2 amide bonds. The topological polar surface area (TPSA) is 89.5 Å². The number of thiazole rings is 1. The summed E-state index contributed by atoms with van der Waals surface area (Å²) in [6.45, 7) is 0. The first kappa shape index (κ1) is 30.4. The highest BCUT2D eigenvalue weighted by Gasteiger charge is 2.24. The Morgan fingerprint density at radius 2 is 1.65 bits per heavy atom. The van der Waals surface area contributed by atoms with Crippen molar-refractivity contribution in [3.63, 3.8) is 0 Å². The molecule has 0 fully saturated rings. The van der Waals surface area contributed by atoms with Crippen molar-refractivity contribution in [1.29, 1.82) is 0 Å². The van der Waals surface area contributed by atoms with Crippen molar-refractivity contribution >= 4 is 68.9 Å². The van der Waals surface area contributed by atoms with Gasteiger partial charge in [0.2, 0.25) is 5.91 Å². The lowest BCUT2D eigenvalue weighted by Gasteiger charge is -2.17. The summed E-state index contributed by atoms with van der Waals surface area (Å²) in [4.78, 5) is 32.0. The predicted molar refractivity (Wildman–Crippen MR) is 175 cm³/mol. The van der Waals surface area contributed by atoms with E-state index in [0.717, 1.165) is 16.0 Å². The molecule has 7 nitrogen and oxygen atoms in total. The van der Waals surface area contributed by atoms with E-state index in [-0.39, 0.29) is 11.8 Å². The van der Waals surface area contributed by atoms with Gasteiger partial charge in [0.15, 0.2) is 16.6 Å². The molecule has 0 aliphatic heterocycles. The summed E-state index contributed by atoms with van der Waals surface area (Å²) in [5.41, 5.74) is 3.19. The number of ether oxygens (including phenoxy) is 2. The fraction of sp³-hybridized carbons (Fsp3) is 0.0938. The molecule has 0 radical (unpaired) electrons. The molecule has 4 aromatic carbocycles. The van der Waals surface area contributed by atoms with Crippen LogP contribution in [0.4, 0.5) is 10.8 Å². The quantitative estimate of drug-likeness (QED) is 0.147. The van der Waals surface area contributed by atoms with Gasteiger partial charge in [-0.2, -0.15) is 0 Å². The number of amides is 2. The molecule has 0 bridgehead atoms. The van der Waals surface area contributed by atoms with E-state index in [9.17, 15) is 9.59 Å². The van der Waals surface area contributed by atoms with Gasteiger partial charge >= 0.3 is 0 Å². The van der Waals surface area contributed by atoms with Gasteiger partial charge in [-0.15, -0.1) is 23.1 Å². The molecule has 0 saturated carbocycles. The minimum absolute atomic E-state index is 0.237. The molecular weight excluding hydrogens is 625 g/mol. The van der Waals surface area contributed by atoms with Gasteiger partial charge in [0.25, 0.3) is 5.91 Å². The molecule has 1 heterocycles. The van der Waals surface area contributed by atoms with Gasteiger partial charge in [0.05, 0.1) is 24.9 Å². The standard InChI is InChI=1S/C32H25Cl2N3O4S2/c1-40-27-14-11-20(15-28(27)41-2)30(38)35-22-9-6-10-23(17-22)43-29(19-7-4-3-5-8-19)31(39)37-32-36-26(18-42-32)24-13-12-21(33)16-25(24)34/h3-18,29H,1-2H3,(H,35,38)(H,36,37,39). The smallest absolute Gasteiger partial charge is 0.255 e. The Labute approximate surface area is 267 Å². The molecule has 1 atom stereocenters.